The van der Waals surface area contributed by atoms with Crippen LogP contribution in [-0.2, 0) is 19.1 Å². The Morgan fingerprint density at radius 1 is 0.812 bits per heavy atom. The second-order valence-electron chi connectivity index (χ2n) is 17.8. The summed E-state index contributed by atoms with van der Waals surface area (Å²) in [6.45, 7) is 3.17. The number of piperazine rings is 1. The second-order valence-corrected chi connectivity index (χ2v) is 18.8. The molecule has 9 rings (SSSR count). The molecule has 7 atom stereocenters. The number of thioether (sulfide) groups is 1. The highest BCUT2D eigenvalue weighted by Gasteiger charge is 2.57. The van der Waals surface area contributed by atoms with Crippen molar-refractivity contribution in [1.82, 2.24) is 20.0 Å². The van der Waals surface area contributed by atoms with Crippen LogP contribution < -0.4 is 5.32 Å². The lowest BCUT2D eigenvalue weighted by atomic mass is 9.49. The van der Waals surface area contributed by atoms with Crippen molar-refractivity contribution in [2.24, 2.45) is 40.9 Å². The van der Waals surface area contributed by atoms with Crippen molar-refractivity contribution in [2.45, 2.75) is 140 Å². The number of ether oxygens (including phenoxy) is 1. The van der Waals surface area contributed by atoms with Gasteiger partial charge < -0.3 is 19.9 Å². The first-order valence-electron chi connectivity index (χ1n) is 20.1. The first-order chi connectivity index (χ1) is 23.4. The Labute approximate surface area is 293 Å². The van der Waals surface area contributed by atoms with Gasteiger partial charge in [-0.05, 0) is 106 Å². The van der Waals surface area contributed by atoms with Gasteiger partial charge in [0.05, 0.1) is 17.4 Å². The van der Waals surface area contributed by atoms with Crippen molar-refractivity contribution in [2.75, 3.05) is 44.9 Å². The molecule has 0 radical (unpaired) electrons. The van der Waals surface area contributed by atoms with Crippen LogP contribution in [0.15, 0.2) is 0 Å². The molecule has 2 saturated heterocycles. The molecule has 1 N–H and O–H groups in total. The Morgan fingerprint density at radius 3 is 2.19 bits per heavy atom. The number of rotatable bonds is 8. The molecule has 48 heavy (non-hydrogen) atoms. The summed E-state index contributed by atoms with van der Waals surface area (Å²) in [7, 11) is 1.84. The van der Waals surface area contributed by atoms with Crippen LogP contribution in [0.5, 0.6) is 0 Å². The Hall–Kier alpha value is -1.32. The third kappa shape index (κ3) is 6.71. The second kappa shape index (κ2) is 14.4. The maximum atomic E-state index is 14.4. The molecule has 0 aromatic rings. The molecule has 0 spiro atoms. The average molecular weight is 683 g/mol. The van der Waals surface area contributed by atoms with Gasteiger partial charge in [-0.3, -0.25) is 19.3 Å². The highest BCUT2D eigenvalue weighted by molar-refractivity contribution is 7.99. The Balaban J connectivity index is 0.949. The Morgan fingerprint density at radius 2 is 1.48 bits per heavy atom. The lowest BCUT2D eigenvalue weighted by Crippen LogP contribution is -2.61. The quantitative estimate of drug-likeness (QED) is 0.355. The summed E-state index contributed by atoms with van der Waals surface area (Å²) in [4.78, 5) is 49.6. The topological polar surface area (TPSA) is 82.2 Å². The molecule has 3 amide bonds. The monoisotopic (exact) mass is 682 g/mol. The molecule has 2 aliphatic heterocycles. The van der Waals surface area contributed by atoms with Crippen LogP contribution >= 0.6 is 11.8 Å². The van der Waals surface area contributed by atoms with Crippen LogP contribution in [0.1, 0.15) is 116 Å². The van der Waals surface area contributed by atoms with Gasteiger partial charge in [0.25, 0.3) is 0 Å². The molecular formula is C39H62N4O4S. The fourth-order valence-corrected chi connectivity index (χ4v) is 14.0. The molecule has 9 heteroatoms. The summed E-state index contributed by atoms with van der Waals surface area (Å²) >= 11 is 1.71. The van der Waals surface area contributed by atoms with Crippen LogP contribution in [-0.4, -0.2) is 102 Å². The summed E-state index contributed by atoms with van der Waals surface area (Å²) in [6.07, 6.45) is 21.9. The molecule has 7 aliphatic carbocycles. The minimum absolute atomic E-state index is 0.0911. The van der Waals surface area contributed by atoms with Gasteiger partial charge in [-0.25, -0.2) is 0 Å². The van der Waals surface area contributed by atoms with E-state index in [4.69, 9.17) is 4.74 Å². The number of nitrogens with zero attached hydrogens (tertiary/aromatic N) is 3. The first-order valence-corrected chi connectivity index (χ1v) is 21.3. The van der Waals surface area contributed by atoms with E-state index in [2.05, 4.69) is 10.2 Å². The normalized spacial score (nSPS) is 42.0. The Kier molecular flexibility index (Phi) is 10.1. The molecule has 9 aliphatic rings. The van der Waals surface area contributed by atoms with Crippen molar-refractivity contribution in [3.05, 3.63) is 0 Å². The summed E-state index contributed by atoms with van der Waals surface area (Å²) in [5.74, 6) is 5.72. The van der Waals surface area contributed by atoms with Crippen molar-refractivity contribution in [3.63, 3.8) is 0 Å². The predicted octanol–water partition coefficient (Wildman–Crippen LogP) is 5.69. The van der Waals surface area contributed by atoms with Crippen LogP contribution in [0.25, 0.3) is 0 Å². The predicted molar refractivity (Wildman–Crippen MR) is 189 cm³/mol. The fraction of sp³-hybridized carbons (Fsp3) is 0.923. The highest BCUT2D eigenvalue weighted by atomic mass is 32.2. The number of hydrogen-bond acceptors (Lipinski definition) is 6. The summed E-state index contributed by atoms with van der Waals surface area (Å²) < 4.78 is 5.88. The summed E-state index contributed by atoms with van der Waals surface area (Å²) in [5.41, 5.74) is -0.244. The van der Waals surface area contributed by atoms with E-state index in [0.29, 0.717) is 54.4 Å². The molecule has 0 aromatic carbocycles. The SMILES string of the molecule is COC1CCCCC1N1CCN(C(=O)C(CC2CCC3CCCCC3C2)NC(=O)C2CSCN2C(=O)C23CC4CC(CC(C4)C2)C3)CC1. The summed E-state index contributed by atoms with van der Waals surface area (Å²) in [5, 5.41) is 3.35. The van der Waals surface area contributed by atoms with E-state index in [9.17, 15) is 14.4 Å². The molecule has 8 nitrogen and oxygen atoms in total. The largest absolute Gasteiger partial charge is 0.380 e. The van der Waals surface area contributed by atoms with E-state index in [-0.39, 0.29) is 29.2 Å². The Bertz CT molecular complexity index is 1160. The van der Waals surface area contributed by atoms with Crippen LogP contribution in [0.2, 0.25) is 0 Å². The third-order valence-corrected chi connectivity index (χ3v) is 15.8. The molecule has 0 aromatic heterocycles. The molecular weight excluding hydrogens is 621 g/mol. The van der Waals surface area contributed by atoms with E-state index in [1.807, 2.05) is 16.9 Å². The minimum Gasteiger partial charge on any atom is -0.380 e. The highest BCUT2D eigenvalue weighted by Crippen LogP contribution is 2.61. The smallest absolute Gasteiger partial charge is 0.245 e. The number of methoxy groups -OCH3 is 1. The molecule has 9 fully saturated rings. The zero-order chi connectivity index (χ0) is 32.8. The van der Waals surface area contributed by atoms with Crippen molar-refractivity contribution >= 4 is 29.5 Å². The maximum Gasteiger partial charge on any atom is 0.245 e. The minimum atomic E-state index is -0.502. The maximum absolute atomic E-state index is 14.4. The van der Waals surface area contributed by atoms with Gasteiger partial charge >= 0.3 is 0 Å². The van der Waals surface area contributed by atoms with Crippen LogP contribution in [0.4, 0.5) is 0 Å². The van der Waals surface area contributed by atoms with E-state index < -0.39 is 12.1 Å². The number of amides is 3. The summed E-state index contributed by atoms with van der Waals surface area (Å²) in [6, 6.07) is -0.522. The third-order valence-electron chi connectivity index (χ3n) is 14.8. The number of carbonyl (C=O) groups excluding carboxylic acids is 3. The molecule has 268 valence electrons. The lowest BCUT2D eigenvalue weighted by Gasteiger charge is -2.56. The van der Waals surface area contributed by atoms with Gasteiger partial charge in [-0.15, -0.1) is 11.8 Å². The van der Waals surface area contributed by atoms with Gasteiger partial charge in [0, 0.05) is 45.1 Å². The van der Waals surface area contributed by atoms with E-state index in [1.165, 1.54) is 83.5 Å². The van der Waals surface area contributed by atoms with Crippen molar-refractivity contribution < 1.29 is 19.1 Å². The molecule has 7 saturated carbocycles. The van der Waals surface area contributed by atoms with Gasteiger partial charge in [-0.2, -0.15) is 0 Å². The van der Waals surface area contributed by atoms with Gasteiger partial charge in [-0.1, -0.05) is 44.9 Å². The number of carbonyl (C=O) groups is 3. The number of hydrogen-bond donors (Lipinski definition) is 1. The van der Waals surface area contributed by atoms with E-state index in [0.717, 1.165) is 57.0 Å². The zero-order valence-electron chi connectivity index (χ0n) is 29.6. The van der Waals surface area contributed by atoms with Gasteiger partial charge in [0.2, 0.25) is 17.7 Å². The van der Waals surface area contributed by atoms with E-state index >= 15 is 0 Å². The van der Waals surface area contributed by atoms with Gasteiger partial charge in [0.1, 0.15) is 12.1 Å². The lowest BCUT2D eigenvalue weighted by molar-refractivity contribution is -0.160. The fourth-order valence-electron chi connectivity index (χ4n) is 12.8. The molecule has 4 bridgehead atoms. The van der Waals surface area contributed by atoms with Crippen molar-refractivity contribution in [3.8, 4) is 0 Å². The molecule has 7 unspecified atom stereocenters. The molecule has 2 heterocycles. The van der Waals surface area contributed by atoms with E-state index in [1.54, 1.807) is 11.8 Å². The average Bonchev–Trinajstić information content (AvgIpc) is 3.60. The first kappa shape index (κ1) is 33.8. The van der Waals surface area contributed by atoms with Crippen LogP contribution in [0, 0.1) is 40.9 Å². The van der Waals surface area contributed by atoms with Gasteiger partial charge in [0.15, 0.2) is 0 Å². The standard InChI is InChI=1S/C39H62N4O4S/c1-47-35-9-5-4-8-33(35)41-12-14-42(15-13-41)37(45)32(20-26-10-11-30-6-2-3-7-31(30)19-26)40-36(44)34-24-48-25-43(34)38(46)39-21-27-16-28(22-39)18-29(17-27)23-39/h26-35H,2-25H2,1H3,(H,40,44). The van der Waals surface area contributed by atoms with Crippen LogP contribution in [0.3, 0.4) is 0 Å². The van der Waals surface area contributed by atoms with Crippen molar-refractivity contribution in [1.29, 1.82) is 0 Å². The number of fused-ring (bicyclic) bond motifs is 1. The zero-order valence-corrected chi connectivity index (χ0v) is 30.4. The number of nitrogens with one attached hydrogen (secondary N) is 1.